The minimum absolute atomic E-state index is 0.0529. The number of carbonyl (C=O) groups excluding carboxylic acids is 4. The third kappa shape index (κ3) is 7.43. The number of carbonyl (C=O) groups is 4. The molecule has 0 unspecified atom stereocenters. The van der Waals surface area contributed by atoms with Crippen LogP contribution >= 0.6 is 0 Å². The molecule has 0 aliphatic carbocycles. The number of aliphatic hydroxyl groups is 3. The Morgan fingerprint density at radius 3 is 2.17 bits per heavy atom. The van der Waals surface area contributed by atoms with Crippen molar-refractivity contribution in [2.24, 2.45) is 11.5 Å². The Hall–Kier alpha value is -2.12. The standard InChI is InChI=1S/C12H21N3O9/c13-1-8(19)15-3-10(21)24-12(11(22)6(18)4-16)7(5-17)23-9(20)2-14/h5-7,11-12,16,18,22H,1-4,13-14H2,(H,15,19)/t6-,7+,11-,12-/m1/s1. The largest absolute Gasteiger partial charge is 0.454 e. The van der Waals surface area contributed by atoms with Gasteiger partial charge in [-0.3, -0.25) is 19.2 Å². The molecule has 0 aromatic heterocycles. The SMILES string of the molecule is NCC(=O)NCC(=O)O[C@@H]([C@H](O)[C@H](O)CO)[C@H](C=O)OC(=O)CN. The highest BCUT2D eigenvalue weighted by molar-refractivity contribution is 5.83. The van der Waals surface area contributed by atoms with E-state index in [1.807, 2.05) is 0 Å². The van der Waals surface area contributed by atoms with Gasteiger partial charge < -0.3 is 41.6 Å². The Balaban J connectivity index is 5.09. The topological polar surface area (TPSA) is 212 Å². The van der Waals surface area contributed by atoms with Gasteiger partial charge in [-0.25, -0.2) is 0 Å². The lowest BCUT2D eigenvalue weighted by Crippen LogP contribution is -2.51. The predicted octanol–water partition coefficient (Wildman–Crippen LogP) is -5.24. The zero-order chi connectivity index (χ0) is 18.7. The van der Waals surface area contributed by atoms with Crippen molar-refractivity contribution in [2.75, 3.05) is 26.2 Å². The quantitative estimate of drug-likeness (QED) is 0.153. The molecule has 0 rings (SSSR count). The van der Waals surface area contributed by atoms with E-state index >= 15 is 0 Å². The second-order valence-corrected chi connectivity index (χ2v) is 4.47. The molecule has 0 radical (unpaired) electrons. The van der Waals surface area contributed by atoms with Gasteiger partial charge in [0, 0.05) is 0 Å². The van der Waals surface area contributed by atoms with Crippen LogP contribution in [0.1, 0.15) is 0 Å². The molecule has 4 atom stereocenters. The van der Waals surface area contributed by atoms with Crippen molar-refractivity contribution in [3.05, 3.63) is 0 Å². The number of nitrogens with two attached hydrogens (primary N) is 2. The van der Waals surface area contributed by atoms with E-state index in [9.17, 15) is 29.4 Å². The average molecular weight is 351 g/mol. The maximum absolute atomic E-state index is 11.7. The fourth-order valence-corrected chi connectivity index (χ4v) is 1.47. The van der Waals surface area contributed by atoms with Crippen molar-refractivity contribution in [1.82, 2.24) is 5.32 Å². The van der Waals surface area contributed by atoms with E-state index in [1.165, 1.54) is 0 Å². The first-order valence-electron chi connectivity index (χ1n) is 6.78. The molecule has 0 saturated heterocycles. The fraction of sp³-hybridized carbons (Fsp3) is 0.667. The van der Waals surface area contributed by atoms with E-state index in [4.69, 9.17) is 21.3 Å². The summed E-state index contributed by atoms with van der Waals surface area (Å²) < 4.78 is 9.37. The third-order valence-electron chi connectivity index (χ3n) is 2.69. The Morgan fingerprint density at radius 1 is 1.08 bits per heavy atom. The minimum atomic E-state index is -1.95. The van der Waals surface area contributed by atoms with Gasteiger partial charge in [0.05, 0.1) is 19.7 Å². The number of aldehydes is 1. The molecule has 0 aromatic carbocycles. The molecule has 0 aliphatic rings. The maximum Gasteiger partial charge on any atom is 0.325 e. The molecule has 12 heteroatoms. The molecular weight excluding hydrogens is 330 g/mol. The van der Waals surface area contributed by atoms with Gasteiger partial charge in [0.25, 0.3) is 0 Å². The van der Waals surface area contributed by atoms with Gasteiger partial charge in [-0.15, -0.1) is 0 Å². The normalized spacial score (nSPS) is 15.5. The van der Waals surface area contributed by atoms with Gasteiger partial charge >= 0.3 is 11.9 Å². The molecule has 0 aliphatic heterocycles. The van der Waals surface area contributed by atoms with E-state index in [0.29, 0.717) is 0 Å². The maximum atomic E-state index is 11.7. The Labute approximate surface area is 136 Å². The molecule has 0 saturated carbocycles. The Bertz CT molecular complexity index is 445. The monoisotopic (exact) mass is 351 g/mol. The summed E-state index contributed by atoms with van der Waals surface area (Å²) in [5, 5.41) is 30.2. The van der Waals surface area contributed by atoms with Crippen LogP contribution in [0.25, 0.3) is 0 Å². The summed E-state index contributed by atoms with van der Waals surface area (Å²) in [7, 11) is 0. The lowest BCUT2D eigenvalue weighted by atomic mass is 10.0. The number of ether oxygens (including phenoxy) is 2. The van der Waals surface area contributed by atoms with Gasteiger partial charge in [0.15, 0.2) is 18.5 Å². The average Bonchev–Trinajstić information content (AvgIpc) is 2.60. The van der Waals surface area contributed by atoms with Crippen molar-refractivity contribution >= 4 is 24.1 Å². The molecule has 0 fully saturated rings. The van der Waals surface area contributed by atoms with Crippen molar-refractivity contribution in [1.29, 1.82) is 0 Å². The zero-order valence-electron chi connectivity index (χ0n) is 12.7. The van der Waals surface area contributed by atoms with E-state index in [1.54, 1.807) is 0 Å². The van der Waals surface area contributed by atoms with Crippen LogP contribution in [0.3, 0.4) is 0 Å². The Morgan fingerprint density at radius 2 is 1.71 bits per heavy atom. The summed E-state index contributed by atoms with van der Waals surface area (Å²) in [4.78, 5) is 44.8. The van der Waals surface area contributed by atoms with Crippen LogP contribution in [0.2, 0.25) is 0 Å². The number of esters is 2. The van der Waals surface area contributed by atoms with E-state index in [-0.39, 0.29) is 12.8 Å². The first-order valence-corrected chi connectivity index (χ1v) is 6.78. The molecule has 8 N–H and O–H groups in total. The lowest BCUT2D eigenvalue weighted by Gasteiger charge is -2.29. The van der Waals surface area contributed by atoms with Gasteiger partial charge in [-0.2, -0.15) is 0 Å². The summed E-state index contributed by atoms with van der Waals surface area (Å²) in [5.74, 6) is -2.81. The van der Waals surface area contributed by atoms with E-state index in [2.05, 4.69) is 10.1 Å². The second-order valence-electron chi connectivity index (χ2n) is 4.47. The zero-order valence-corrected chi connectivity index (χ0v) is 12.7. The number of rotatable bonds is 11. The number of hydrogen-bond donors (Lipinski definition) is 6. The summed E-state index contributed by atoms with van der Waals surface area (Å²) in [6.45, 7) is -2.54. The minimum Gasteiger partial charge on any atom is -0.454 e. The predicted molar refractivity (Wildman–Crippen MR) is 76.0 cm³/mol. The van der Waals surface area contributed by atoms with Crippen LogP contribution in [0.5, 0.6) is 0 Å². The van der Waals surface area contributed by atoms with Crippen LogP contribution < -0.4 is 16.8 Å². The summed E-state index contributed by atoms with van der Waals surface area (Å²) in [6.07, 6.45) is -7.31. The highest BCUT2D eigenvalue weighted by Crippen LogP contribution is 2.12. The van der Waals surface area contributed by atoms with E-state index in [0.717, 1.165) is 0 Å². The van der Waals surface area contributed by atoms with Gasteiger partial charge in [-0.1, -0.05) is 0 Å². The summed E-state index contributed by atoms with van der Waals surface area (Å²) in [6, 6.07) is 0. The lowest BCUT2D eigenvalue weighted by molar-refractivity contribution is -0.183. The van der Waals surface area contributed by atoms with Crippen LogP contribution in [0.4, 0.5) is 0 Å². The first-order chi connectivity index (χ1) is 11.3. The molecule has 138 valence electrons. The van der Waals surface area contributed by atoms with Crippen molar-refractivity contribution in [3.8, 4) is 0 Å². The van der Waals surface area contributed by atoms with Crippen molar-refractivity contribution in [2.45, 2.75) is 24.4 Å². The third-order valence-corrected chi connectivity index (χ3v) is 2.69. The fourth-order valence-electron chi connectivity index (χ4n) is 1.47. The summed E-state index contributed by atoms with van der Waals surface area (Å²) >= 11 is 0. The van der Waals surface area contributed by atoms with Crippen LogP contribution in [-0.2, 0) is 28.7 Å². The summed E-state index contributed by atoms with van der Waals surface area (Å²) in [5.41, 5.74) is 10.1. The van der Waals surface area contributed by atoms with Gasteiger partial charge in [-0.05, 0) is 0 Å². The smallest absolute Gasteiger partial charge is 0.325 e. The number of amides is 1. The molecule has 0 heterocycles. The molecule has 12 nitrogen and oxygen atoms in total. The second kappa shape index (κ2) is 11.4. The molecule has 0 aromatic rings. The molecule has 0 bridgehead atoms. The van der Waals surface area contributed by atoms with Gasteiger partial charge in [0.1, 0.15) is 18.8 Å². The number of aliphatic hydroxyl groups excluding tert-OH is 3. The van der Waals surface area contributed by atoms with Crippen molar-refractivity contribution < 1.29 is 44.0 Å². The van der Waals surface area contributed by atoms with Crippen molar-refractivity contribution in [3.63, 3.8) is 0 Å². The first kappa shape index (κ1) is 21.9. The van der Waals surface area contributed by atoms with Crippen LogP contribution in [0.15, 0.2) is 0 Å². The number of hydrogen-bond acceptors (Lipinski definition) is 11. The molecular formula is C12H21N3O9. The molecule has 0 spiro atoms. The van der Waals surface area contributed by atoms with Gasteiger partial charge in [0.2, 0.25) is 5.91 Å². The van der Waals surface area contributed by atoms with Crippen LogP contribution in [0, 0.1) is 0 Å². The highest BCUT2D eigenvalue weighted by atomic mass is 16.6. The molecule has 1 amide bonds. The van der Waals surface area contributed by atoms with E-state index < -0.39 is 62.0 Å². The van der Waals surface area contributed by atoms with Crippen LogP contribution in [-0.4, -0.2) is 90.1 Å². The molecule has 24 heavy (non-hydrogen) atoms. The highest BCUT2D eigenvalue weighted by Gasteiger charge is 2.38. The number of nitrogens with one attached hydrogen (secondary N) is 1. The Kier molecular flexibility index (Phi) is 10.4.